The molecule has 0 N–H and O–H groups in total. The van der Waals surface area contributed by atoms with Crippen molar-refractivity contribution in [1.82, 2.24) is 0 Å². The summed E-state index contributed by atoms with van der Waals surface area (Å²) in [6.07, 6.45) is 8.94. The van der Waals surface area contributed by atoms with Gasteiger partial charge in [-0.05, 0) is 63.2 Å². The second kappa shape index (κ2) is 21.9. The molecule has 0 unspecified atom stereocenters. The first kappa shape index (κ1) is 45.0. The summed E-state index contributed by atoms with van der Waals surface area (Å²) >= 11 is 0. The van der Waals surface area contributed by atoms with E-state index in [0.717, 1.165) is 39.5 Å². The van der Waals surface area contributed by atoms with E-state index in [1.807, 2.05) is 140 Å². The summed E-state index contributed by atoms with van der Waals surface area (Å²) in [5.74, 6) is 1.78. The SMILES string of the molecule is [O-]B([O-])OCCCC(c1ccccc1)(c1ccccc1)c1ccccc1.c1cc[n+](Oc2c3ccccc3cc3ccccc23)cc1.c1cc[n+](Oc2c3ccccc3cc3ccccc23)cc1. The zero-order valence-electron chi connectivity index (χ0n) is 37.5. The number of hydrogen-bond acceptors (Lipinski definition) is 5. The van der Waals surface area contributed by atoms with Crippen molar-refractivity contribution in [3.8, 4) is 11.5 Å². The standard InChI is InChI=1S/C22H21BO3.2C19H14NO/c24-23(25)26-18-10-17-22(19-11-4-1-5-12-19,20-13-6-2-7-14-20)21-15-8-3-9-16-21;2*1-6-12-20(13-7-1)21-19-17-10-4-2-8-15(17)14-16-9-3-5-11-18(16)19/h1-9,11-16H,10,17-18H2;2*1-14H/q-2;2*+1. The van der Waals surface area contributed by atoms with Crippen molar-refractivity contribution in [3.05, 3.63) is 278 Å². The molecule has 0 bridgehead atoms. The van der Waals surface area contributed by atoms with Crippen LogP contribution >= 0.6 is 0 Å². The fourth-order valence-corrected chi connectivity index (χ4v) is 8.86. The van der Waals surface area contributed by atoms with Crippen molar-refractivity contribution >= 4 is 50.4 Å². The van der Waals surface area contributed by atoms with E-state index in [4.69, 9.17) is 14.3 Å². The molecule has 0 aliphatic heterocycles. The molecule has 332 valence electrons. The van der Waals surface area contributed by atoms with Crippen molar-refractivity contribution < 1.29 is 33.8 Å². The Labute approximate surface area is 397 Å². The van der Waals surface area contributed by atoms with Gasteiger partial charge in [0.25, 0.3) is 0 Å². The molecule has 7 nitrogen and oxygen atoms in total. The van der Waals surface area contributed by atoms with Crippen LogP contribution in [-0.2, 0) is 10.1 Å². The molecule has 0 atom stereocenters. The molecule has 0 aliphatic carbocycles. The summed E-state index contributed by atoms with van der Waals surface area (Å²) in [7, 11) is -2.23. The van der Waals surface area contributed by atoms with Crippen LogP contribution < -0.4 is 29.2 Å². The quantitative estimate of drug-likeness (QED) is 0.0401. The molecule has 0 saturated heterocycles. The second-order valence-electron chi connectivity index (χ2n) is 16.2. The Hall–Kier alpha value is -8.14. The molecule has 11 rings (SSSR count). The van der Waals surface area contributed by atoms with Crippen LogP contribution in [0.4, 0.5) is 0 Å². The van der Waals surface area contributed by atoms with E-state index < -0.39 is 7.32 Å². The van der Waals surface area contributed by atoms with Crippen molar-refractivity contribution in [2.24, 2.45) is 0 Å². The Bertz CT molecular complexity index is 2970. The molecule has 0 saturated carbocycles. The highest BCUT2D eigenvalue weighted by Gasteiger charge is 2.35. The smallest absolute Gasteiger partial charge is 0.223 e. The Balaban J connectivity index is 0.000000128. The highest BCUT2D eigenvalue weighted by Crippen LogP contribution is 2.43. The molecule has 2 heterocycles. The monoisotopic (exact) mass is 888 g/mol. The van der Waals surface area contributed by atoms with E-state index in [-0.39, 0.29) is 12.0 Å². The minimum absolute atomic E-state index is 0.159. The van der Waals surface area contributed by atoms with Gasteiger partial charge >= 0.3 is 0 Å². The number of hydrogen-bond donors (Lipinski definition) is 0. The molecule has 2 aromatic heterocycles. The molecule has 0 fully saturated rings. The Morgan fingerprint density at radius 3 is 0.985 bits per heavy atom. The summed E-state index contributed by atoms with van der Waals surface area (Å²) < 4.78 is 8.19. The van der Waals surface area contributed by atoms with Crippen LogP contribution in [0.1, 0.15) is 29.5 Å². The van der Waals surface area contributed by atoms with Crippen LogP contribution in [0.15, 0.2) is 261 Å². The summed E-state index contributed by atoms with van der Waals surface area (Å²) in [6.45, 7) is 0.159. The zero-order chi connectivity index (χ0) is 46.4. The van der Waals surface area contributed by atoms with Crippen LogP contribution in [0.5, 0.6) is 11.5 Å². The van der Waals surface area contributed by atoms with Gasteiger partial charge < -0.3 is 14.7 Å². The molecule has 0 aliphatic rings. The zero-order valence-corrected chi connectivity index (χ0v) is 37.5. The average Bonchev–Trinajstić information content (AvgIpc) is 3.40. The summed E-state index contributed by atoms with van der Waals surface area (Å²) in [5, 5.41) is 30.6. The Kier molecular flexibility index (Phi) is 14.5. The van der Waals surface area contributed by atoms with Gasteiger partial charge in [0.1, 0.15) is 0 Å². The van der Waals surface area contributed by atoms with Gasteiger partial charge in [-0.1, -0.05) is 200 Å². The van der Waals surface area contributed by atoms with Crippen molar-refractivity contribution in [2.45, 2.75) is 18.3 Å². The molecular weight excluding hydrogens is 839 g/mol. The minimum atomic E-state index is -2.23. The fourth-order valence-electron chi connectivity index (χ4n) is 8.86. The van der Waals surface area contributed by atoms with Crippen molar-refractivity contribution in [1.29, 1.82) is 0 Å². The van der Waals surface area contributed by atoms with Crippen LogP contribution in [0.2, 0.25) is 0 Å². The number of aromatic nitrogens is 2. The maximum Gasteiger partial charge on any atom is 0.223 e. The van der Waals surface area contributed by atoms with Gasteiger partial charge in [0, 0.05) is 67.3 Å². The first-order valence-corrected chi connectivity index (χ1v) is 22.8. The fraction of sp³-hybridized carbons (Fsp3) is 0.0667. The third kappa shape index (κ3) is 10.4. The maximum absolute atomic E-state index is 10.7. The first-order chi connectivity index (χ1) is 33.6. The predicted octanol–water partition coefficient (Wildman–Crippen LogP) is 10.8. The molecule has 0 radical (unpaired) electrons. The highest BCUT2D eigenvalue weighted by atomic mass is 16.7. The van der Waals surface area contributed by atoms with Crippen LogP contribution in [0, 0.1) is 0 Å². The average molecular weight is 889 g/mol. The number of pyridine rings is 2. The van der Waals surface area contributed by atoms with E-state index >= 15 is 0 Å². The summed E-state index contributed by atoms with van der Waals surface area (Å²) in [5.41, 5.74) is 3.17. The van der Waals surface area contributed by atoms with E-state index in [1.165, 1.54) is 38.2 Å². The van der Waals surface area contributed by atoms with E-state index in [1.54, 1.807) is 9.46 Å². The van der Waals surface area contributed by atoms with Gasteiger partial charge in [-0.15, -0.1) is 0 Å². The third-order valence-corrected chi connectivity index (χ3v) is 12.0. The number of rotatable bonds is 12. The van der Waals surface area contributed by atoms with Crippen LogP contribution in [0.3, 0.4) is 0 Å². The van der Waals surface area contributed by atoms with E-state index in [2.05, 4.69) is 121 Å². The molecular formula is C60H49BN2O5. The lowest BCUT2D eigenvalue weighted by Crippen LogP contribution is -2.48. The minimum Gasteiger partial charge on any atom is -0.871 e. The third-order valence-electron chi connectivity index (χ3n) is 12.0. The lowest BCUT2D eigenvalue weighted by atomic mass is 9.67. The number of benzene rings is 9. The van der Waals surface area contributed by atoms with Gasteiger partial charge in [-0.2, -0.15) is 0 Å². The number of nitrogens with zero attached hydrogens (tertiary/aromatic N) is 2. The van der Waals surface area contributed by atoms with Gasteiger partial charge in [-0.25, -0.2) is 9.68 Å². The van der Waals surface area contributed by atoms with E-state index in [9.17, 15) is 10.0 Å². The topological polar surface area (TPSA) is 81.6 Å². The van der Waals surface area contributed by atoms with Crippen molar-refractivity contribution in [2.75, 3.05) is 6.61 Å². The first-order valence-electron chi connectivity index (χ1n) is 22.8. The molecule has 0 spiro atoms. The van der Waals surface area contributed by atoms with Crippen molar-refractivity contribution in [3.63, 3.8) is 0 Å². The Morgan fingerprint density at radius 2 is 0.662 bits per heavy atom. The molecule has 0 amide bonds. The number of fused-ring (bicyclic) bond motifs is 4. The van der Waals surface area contributed by atoms with Crippen LogP contribution in [-0.4, -0.2) is 13.9 Å². The van der Waals surface area contributed by atoms with Gasteiger partial charge in [-0.3, -0.25) is 0 Å². The largest absolute Gasteiger partial charge is 0.871 e. The van der Waals surface area contributed by atoms with Crippen LogP contribution in [0.25, 0.3) is 43.1 Å². The molecule has 68 heavy (non-hydrogen) atoms. The van der Waals surface area contributed by atoms with Gasteiger partial charge in [0.15, 0.2) is 0 Å². The summed E-state index contributed by atoms with van der Waals surface area (Å²) in [6, 6.07) is 80.4. The molecule has 9 aromatic carbocycles. The van der Waals surface area contributed by atoms with Gasteiger partial charge in [0.2, 0.25) is 36.3 Å². The van der Waals surface area contributed by atoms with E-state index in [0.29, 0.717) is 6.42 Å². The van der Waals surface area contributed by atoms with Gasteiger partial charge in [0.05, 0.1) is 7.32 Å². The molecule has 8 heteroatoms. The highest BCUT2D eigenvalue weighted by molar-refractivity contribution is 6.28. The normalized spacial score (nSPS) is 11.0. The summed E-state index contributed by atoms with van der Waals surface area (Å²) in [4.78, 5) is 12.2. The lowest BCUT2D eigenvalue weighted by molar-refractivity contribution is -0.874. The molecule has 11 aromatic rings. The lowest BCUT2D eigenvalue weighted by Gasteiger charge is -2.37. The second-order valence-corrected chi connectivity index (χ2v) is 16.2. The maximum atomic E-state index is 10.7. The predicted molar refractivity (Wildman–Crippen MR) is 268 cm³/mol. The Morgan fingerprint density at radius 1 is 0.368 bits per heavy atom.